The summed E-state index contributed by atoms with van der Waals surface area (Å²) in [7, 11) is 1.59. The van der Waals surface area contributed by atoms with Gasteiger partial charge in [0.25, 0.3) is 5.91 Å². The summed E-state index contributed by atoms with van der Waals surface area (Å²) in [6.45, 7) is 1.96. The van der Waals surface area contributed by atoms with E-state index < -0.39 is 6.04 Å². The SMILES string of the molecule is COc1ccc(C2c3c(oc4ccc(Cl)cc4c3=O)C(=O)N2c2cccc(C)c2)cc1. The van der Waals surface area contributed by atoms with Crippen LogP contribution in [0.1, 0.15) is 33.3 Å². The van der Waals surface area contributed by atoms with Gasteiger partial charge in [-0.3, -0.25) is 14.5 Å². The van der Waals surface area contributed by atoms with Gasteiger partial charge in [0.05, 0.1) is 24.1 Å². The van der Waals surface area contributed by atoms with Gasteiger partial charge < -0.3 is 9.15 Å². The molecule has 0 spiro atoms. The van der Waals surface area contributed by atoms with Crippen LogP contribution in [0.2, 0.25) is 5.02 Å². The van der Waals surface area contributed by atoms with Crippen LogP contribution in [0.5, 0.6) is 5.75 Å². The Labute approximate surface area is 183 Å². The topological polar surface area (TPSA) is 59.8 Å². The predicted octanol–water partition coefficient (Wildman–Crippen LogP) is 5.51. The van der Waals surface area contributed by atoms with Crippen molar-refractivity contribution in [2.24, 2.45) is 0 Å². The Morgan fingerprint density at radius 3 is 2.48 bits per heavy atom. The van der Waals surface area contributed by atoms with E-state index in [9.17, 15) is 9.59 Å². The van der Waals surface area contributed by atoms with Crippen LogP contribution < -0.4 is 15.1 Å². The van der Waals surface area contributed by atoms with Crippen molar-refractivity contribution in [2.45, 2.75) is 13.0 Å². The maximum Gasteiger partial charge on any atom is 0.295 e. The Morgan fingerprint density at radius 2 is 1.77 bits per heavy atom. The molecule has 1 unspecified atom stereocenters. The molecule has 3 aromatic carbocycles. The molecule has 0 bridgehead atoms. The van der Waals surface area contributed by atoms with Crippen LogP contribution in [-0.2, 0) is 0 Å². The van der Waals surface area contributed by atoms with E-state index >= 15 is 0 Å². The zero-order valence-electron chi connectivity index (χ0n) is 16.9. The van der Waals surface area contributed by atoms with E-state index in [0.29, 0.717) is 33.0 Å². The van der Waals surface area contributed by atoms with Crippen LogP contribution in [0.4, 0.5) is 5.69 Å². The minimum absolute atomic E-state index is 0.0575. The molecule has 0 saturated heterocycles. The van der Waals surface area contributed by atoms with E-state index in [4.69, 9.17) is 20.8 Å². The normalized spacial score (nSPS) is 15.4. The molecule has 0 saturated carbocycles. The van der Waals surface area contributed by atoms with E-state index in [1.54, 1.807) is 30.2 Å². The molecule has 2 heterocycles. The van der Waals surface area contributed by atoms with Gasteiger partial charge in [-0.05, 0) is 60.5 Å². The van der Waals surface area contributed by atoms with Crippen molar-refractivity contribution in [2.75, 3.05) is 12.0 Å². The molecule has 0 N–H and O–H groups in total. The number of hydrogen-bond acceptors (Lipinski definition) is 4. The van der Waals surface area contributed by atoms with Crippen molar-refractivity contribution in [1.29, 1.82) is 0 Å². The van der Waals surface area contributed by atoms with Gasteiger partial charge >= 0.3 is 0 Å². The number of methoxy groups -OCH3 is 1. The third-order valence-electron chi connectivity index (χ3n) is 5.54. The Kier molecular flexibility index (Phi) is 4.56. The average Bonchev–Trinajstić information content (AvgIpc) is 3.07. The lowest BCUT2D eigenvalue weighted by molar-refractivity contribution is 0.0971. The first-order chi connectivity index (χ1) is 15.0. The first-order valence-electron chi connectivity index (χ1n) is 9.78. The summed E-state index contributed by atoms with van der Waals surface area (Å²) < 4.78 is 11.2. The van der Waals surface area contributed by atoms with Crippen molar-refractivity contribution in [3.63, 3.8) is 0 Å². The third-order valence-corrected chi connectivity index (χ3v) is 5.78. The summed E-state index contributed by atoms with van der Waals surface area (Å²) in [5.74, 6) is 0.394. The molecule has 0 aliphatic carbocycles. The average molecular weight is 432 g/mol. The first-order valence-corrected chi connectivity index (χ1v) is 10.2. The van der Waals surface area contributed by atoms with Crippen LogP contribution in [0.3, 0.4) is 0 Å². The van der Waals surface area contributed by atoms with Crippen molar-refractivity contribution < 1.29 is 13.9 Å². The second kappa shape index (κ2) is 7.29. The fourth-order valence-electron chi connectivity index (χ4n) is 4.09. The fourth-order valence-corrected chi connectivity index (χ4v) is 4.26. The van der Waals surface area contributed by atoms with Crippen molar-refractivity contribution in [1.82, 2.24) is 0 Å². The summed E-state index contributed by atoms with van der Waals surface area (Å²) >= 11 is 6.13. The van der Waals surface area contributed by atoms with Gasteiger partial charge in [0, 0.05) is 10.7 Å². The summed E-state index contributed by atoms with van der Waals surface area (Å²) in [5, 5.41) is 0.782. The molecular formula is C25H18ClNO4. The number of aryl methyl sites for hydroxylation is 1. The lowest BCUT2D eigenvalue weighted by atomic mass is 9.98. The number of amides is 1. The molecule has 154 valence electrons. The fraction of sp³-hybridized carbons (Fsp3) is 0.120. The van der Waals surface area contributed by atoms with Gasteiger partial charge in [-0.1, -0.05) is 35.9 Å². The van der Waals surface area contributed by atoms with Crippen LogP contribution in [-0.4, -0.2) is 13.0 Å². The Balaban J connectivity index is 1.80. The van der Waals surface area contributed by atoms with Crippen LogP contribution >= 0.6 is 11.6 Å². The smallest absolute Gasteiger partial charge is 0.295 e. The van der Waals surface area contributed by atoms with Crippen molar-refractivity contribution >= 4 is 34.2 Å². The molecule has 5 nitrogen and oxygen atoms in total. The lowest BCUT2D eigenvalue weighted by Gasteiger charge is -2.25. The molecule has 1 aromatic heterocycles. The Hall–Kier alpha value is -3.57. The van der Waals surface area contributed by atoms with Crippen molar-refractivity contribution in [3.05, 3.63) is 104 Å². The molecule has 1 aliphatic heterocycles. The molecule has 1 amide bonds. The maximum absolute atomic E-state index is 13.5. The van der Waals surface area contributed by atoms with Crippen LogP contribution in [0.25, 0.3) is 11.0 Å². The number of nitrogens with zero attached hydrogens (tertiary/aromatic N) is 1. The van der Waals surface area contributed by atoms with Gasteiger partial charge in [-0.25, -0.2) is 0 Å². The summed E-state index contributed by atoms with van der Waals surface area (Å²) in [6, 6.07) is 19.2. The largest absolute Gasteiger partial charge is 0.497 e. The number of carbonyl (C=O) groups is 1. The molecule has 6 heteroatoms. The zero-order chi connectivity index (χ0) is 21.7. The quantitative estimate of drug-likeness (QED) is 0.429. The molecule has 1 aliphatic rings. The minimum atomic E-state index is -0.630. The van der Waals surface area contributed by atoms with Crippen LogP contribution in [0.15, 0.2) is 75.9 Å². The number of hydrogen-bond donors (Lipinski definition) is 0. The van der Waals surface area contributed by atoms with Gasteiger partial charge in [0.2, 0.25) is 5.76 Å². The van der Waals surface area contributed by atoms with E-state index in [-0.39, 0.29) is 17.1 Å². The first kappa shape index (κ1) is 19.4. The second-order valence-corrected chi connectivity index (χ2v) is 7.94. The number of carbonyl (C=O) groups excluding carboxylic acids is 1. The van der Waals surface area contributed by atoms with E-state index in [2.05, 4.69) is 0 Å². The highest BCUT2D eigenvalue weighted by atomic mass is 35.5. The van der Waals surface area contributed by atoms with E-state index in [1.165, 1.54) is 0 Å². The summed E-state index contributed by atoms with van der Waals surface area (Å²) in [6.07, 6.45) is 0. The highest BCUT2D eigenvalue weighted by Gasteiger charge is 2.43. The van der Waals surface area contributed by atoms with Crippen molar-refractivity contribution in [3.8, 4) is 5.75 Å². The highest BCUT2D eigenvalue weighted by Crippen LogP contribution is 2.41. The number of ether oxygens (including phenoxy) is 1. The molecular weight excluding hydrogens is 414 g/mol. The van der Waals surface area contributed by atoms with Gasteiger partial charge in [-0.15, -0.1) is 0 Å². The zero-order valence-corrected chi connectivity index (χ0v) is 17.6. The highest BCUT2D eigenvalue weighted by molar-refractivity contribution is 6.31. The number of anilines is 1. The second-order valence-electron chi connectivity index (χ2n) is 7.50. The summed E-state index contributed by atoms with van der Waals surface area (Å²) in [4.78, 5) is 28.7. The molecule has 4 aromatic rings. The molecule has 0 fully saturated rings. The number of rotatable bonds is 3. The molecule has 5 rings (SSSR count). The summed E-state index contributed by atoms with van der Waals surface area (Å²) in [5.41, 5.74) is 2.86. The van der Waals surface area contributed by atoms with E-state index in [1.807, 2.05) is 55.5 Å². The predicted molar refractivity (Wildman–Crippen MR) is 120 cm³/mol. The van der Waals surface area contributed by atoms with Crippen LogP contribution in [0, 0.1) is 6.92 Å². The molecule has 31 heavy (non-hydrogen) atoms. The number of benzene rings is 3. The third kappa shape index (κ3) is 3.09. The maximum atomic E-state index is 13.5. The molecule has 1 atom stereocenters. The van der Waals surface area contributed by atoms with E-state index in [0.717, 1.165) is 11.1 Å². The monoisotopic (exact) mass is 431 g/mol. The molecule has 0 radical (unpaired) electrons. The van der Waals surface area contributed by atoms with Gasteiger partial charge in [-0.2, -0.15) is 0 Å². The number of halogens is 1. The van der Waals surface area contributed by atoms with Gasteiger partial charge in [0.1, 0.15) is 11.3 Å². The lowest BCUT2D eigenvalue weighted by Crippen LogP contribution is -2.29. The Bertz CT molecular complexity index is 1390. The Morgan fingerprint density at radius 1 is 1.00 bits per heavy atom. The van der Waals surface area contributed by atoms with Gasteiger partial charge in [0.15, 0.2) is 5.43 Å². The number of fused-ring (bicyclic) bond motifs is 2. The standard InChI is InChI=1S/C25H18ClNO4/c1-14-4-3-5-17(12-14)27-22(15-6-9-18(30-2)10-7-15)21-23(28)19-13-16(26)8-11-20(19)31-24(21)25(27)29/h3-13,22H,1-2H3. The minimum Gasteiger partial charge on any atom is -0.497 e.